The predicted octanol–water partition coefficient (Wildman–Crippen LogP) is 4.16. The van der Waals surface area contributed by atoms with Crippen LogP contribution in [0.4, 0.5) is 5.88 Å². The molecule has 1 heterocycles. The van der Waals surface area contributed by atoms with Gasteiger partial charge in [-0.25, -0.2) is 0 Å². The Bertz CT molecular complexity index is 653. The minimum absolute atomic E-state index is 0.399. The van der Waals surface area contributed by atoms with E-state index in [0.29, 0.717) is 5.92 Å². The van der Waals surface area contributed by atoms with Gasteiger partial charge in [-0.05, 0) is 55.6 Å². The van der Waals surface area contributed by atoms with Crippen molar-refractivity contribution in [2.24, 2.45) is 5.92 Å². The van der Waals surface area contributed by atoms with Gasteiger partial charge in [0.05, 0.1) is 5.69 Å². The second-order valence-electron chi connectivity index (χ2n) is 7.08. The van der Waals surface area contributed by atoms with Crippen LogP contribution in [0.15, 0.2) is 28.8 Å². The van der Waals surface area contributed by atoms with Gasteiger partial charge in [-0.2, -0.15) is 0 Å². The molecule has 1 atom stereocenters. The minimum atomic E-state index is 0.399. The van der Waals surface area contributed by atoms with Crippen molar-refractivity contribution in [1.82, 2.24) is 5.16 Å². The van der Waals surface area contributed by atoms with Gasteiger partial charge in [0.1, 0.15) is 0 Å². The molecule has 2 aliphatic carbocycles. The van der Waals surface area contributed by atoms with Crippen LogP contribution in [0.5, 0.6) is 0 Å². The average molecular weight is 296 g/mol. The molecule has 0 amide bonds. The van der Waals surface area contributed by atoms with Gasteiger partial charge in [0.15, 0.2) is 0 Å². The van der Waals surface area contributed by atoms with Crippen molar-refractivity contribution in [2.45, 2.75) is 44.4 Å². The van der Waals surface area contributed by atoms with E-state index in [2.05, 4.69) is 29.4 Å². The number of benzene rings is 1. The number of hydrogen-bond donors (Lipinski definition) is 0. The highest BCUT2D eigenvalue weighted by Gasteiger charge is 2.29. The second-order valence-corrected chi connectivity index (χ2v) is 7.08. The number of nitrogens with zero attached hydrogens (tertiary/aromatic N) is 2. The number of rotatable bonds is 4. The van der Waals surface area contributed by atoms with E-state index in [-0.39, 0.29) is 0 Å². The normalized spacial score (nSPS) is 20.7. The third-order valence-corrected chi connectivity index (χ3v) is 5.06. The zero-order valence-corrected chi connectivity index (χ0v) is 13.5. The van der Waals surface area contributed by atoms with Crippen molar-refractivity contribution in [3.05, 3.63) is 46.6 Å². The Hall–Kier alpha value is -1.77. The van der Waals surface area contributed by atoms with E-state index in [9.17, 15) is 0 Å². The van der Waals surface area contributed by atoms with Crippen molar-refractivity contribution < 1.29 is 4.52 Å². The van der Waals surface area contributed by atoms with Gasteiger partial charge >= 0.3 is 0 Å². The van der Waals surface area contributed by atoms with E-state index in [0.717, 1.165) is 23.9 Å². The van der Waals surface area contributed by atoms with Crippen molar-refractivity contribution in [2.75, 3.05) is 19.0 Å². The number of hydrogen-bond acceptors (Lipinski definition) is 3. The van der Waals surface area contributed by atoms with Crippen LogP contribution in [0.2, 0.25) is 0 Å². The molecular weight excluding hydrogens is 272 g/mol. The summed E-state index contributed by atoms with van der Waals surface area (Å²) in [6.45, 7) is 0. The molecule has 0 radical (unpaired) electrons. The summed E-state index contributed by atoms with van der Waals surface area (Å²) in [7, 11) is 4.05. The molecule has 0 spiro atoms. The summed E-state index contributed by atoms with van der Waals surface area (Å²) in [5.74, 6) is 2.28. The van der Waals surface area contributed by atoms with Crippen molar-refractivity contribution >= 4 is 5.88 Å². The fourth-order valence-corrected chi connectivity index (χ4v) is 3.66. The monoisotopic (exact) mass is 296 g/mol. The molecular formula is C19H24N2O. The largest absolute Gasteiger partial charge is 0.347 e. The first-order valence-electron chi connectivity index (χ1n) is 8.47. The lowest BCUT2D eigenvalue weighted by Gasteiger charge is -2.22. The molecule has 0 N–H and O–H groups in total. The second kappa shape index (κ2) is 5.45. The molecule has 3 nitrogen and oxygen atoms in total. The lowest BCUT2D eigenvalue weighted by atomic mass is 9.82. The summed E-state index contributed by atoms with van der Waals surface area (Å²) in [5, 5.41) is 4.40. The molecule has 1 saturated carbocycles. The zero-order chi connectivity index (χ0) is 15.1. The highest BCUT2D eigenvalue weighted by Crippen LogP contribution is 2.40. The molecule has 2 aliphatic rings. The van der Waals surface area contributed by atoms with E-state index < -0.39 is 0 Å². The molecule has 1 unspecified atom stereocenters. The third kappa shape index (κ3) is 2.53. The van der Waals surface area contributed by atoms with Gasteiger partial charge in [0.2, 0.25) is 5.88 Å². The van der Waals surface area contributed by atoms with Crippen LogP contribution in [0.1, 0.15) is 54.0 Å². The van der Waals surface area contributed by atoms with E-state index in [4.69, 9.17) is 4.52 Å². The lowest BCUT2D eigenvalue weighted by molar-refractivity contribution is 0.411. The summed E-state index contributed by atoms with van der Waals surface area (Å²) in [6, 6.07) is 9.24. The van der Waals surface area contributed by atoms with E-state index in [1.54, 1.807) is 0 Å². The van der Waals surface area contributed by atoms with E-state index in [1.807, 2.05) is 19.0 Å². The van der Waals surface area contributed by atoms with Crippen LogP contribution in [-0.2, 0) is 12.8 Å². The maximum Gasteiger partial charge on any atom is 0.230 e. The lowest BCUT2D eigenvalue weighted by Crippen LogP contribution is -2.14. The maximum absolute atomic E-state index is 5.59. The molecule has 1 aromatic heterocycles. The Kier molecular flexibility index (Phi) is 3.44. The minimum Gasteiger partial charge on any atom is -0.347 e. The van der Waals surface area contributed by atoms with Gasteiger partial charge in [-0.1, -0.05) is 29.4 Å². The molecule has 0 bridgehead atoms. The SMILES string of the molecule is CN(C)c1onc2c1CCCC2c1ccc(CC2CC2)cc1. The fraction of sp³-hybridized carbons (Fsp3) is 0.526. The van der Waals surface area contributed by atoms with Crippen molar-refractivity contribution in [3.8, 4) is 0 Å². The van der Waals surface area contributed by atoms with Gasteiger partial charge in [0, 0.05) is 25.6 Å². The van der Waals surface area contributed by atoms with Crippen molar-refractivity contribution in [3.63, 3.8) is 0 Å². The number of anilines is 1. The first-order chi connectivity index (χ1) is 10.7. The van der Waals surface area contributed by atoms with Gasteiger partial charge < -0.3 is 9.42 Å². The van der Waals surface area contributed by atoms with Gasteiger partial charge in [-0.3, -0.25) is 0 Å². The maximum atomic E-state index is 5.59. The zero-order valence-electron chi connectivity index (χ0n) is 13.5. The number of fused-ring (bicyclic) bond motifs is 1. The van der Waals surface area contributed by atoms with Crippen LogP contribution >= 0.6 is 0 Å². The molecule has 0 aliphatic heterocycles. The quantitative estimate of drug-likeness (QED) is 0.848. The highest BCUT2D eigenvalue weighted by atomic mass is 16.5. The molecule has 3 heteroatoms. The van der Waals surface area contributed by atoms with Gasteiger partial charge in [0.25, 0.3) is 0 Å². The van der Waals surface area contributed by atoms with E-state index >= 15 is 0 Å². The topological polar surface area (TPSA) is 29.3 Å². The third-order valence-electron chi connectivity index (χ3n) is 5.06. The Morgan fingerprint density at radius 2 is 1.91 bits per heavy atom. The molecule has 1 aromatic carbocycles. The molecule has 4 rings (SSSR count). The Morgan fingerprint density at radius 1 is 1.14 bits per heavy atom. The Labute approximate surface area is 132 Å². The van der Waals surface area contributed by atoms with Crippen LogP contribution in [-0.4, -0.2) is 19.3 Å². The highest BCUT2D eigenvalue weighted by molar-refractivity contribution is 5.49. The first kappa shape index (κ1) is 13.9. The van der Waals surface area contributed by atoms with Crippen molar-refractivity contribution in [1.29, 1.82) is 0 Å². The first-order valence-corrected chi connectivity index (χ1v) is 8.47. The fourth-order valence-electron chi connectivity index (χ4n) is 3.66. The molecule has 2 aromatic rings. The summed E-state index contributed by atoms with van der Waals surface area (Å²) >= 11 is 0. The average Bonchev–Trinajstić information content (AvgIpc) is 3.22. The molecule has 1 fully saturated rings. The molecule has 22 heavy (non-hydrogen) atoms. The van der Waals surface area contributed by atoms with Crippen LogP contribution in [0.25, 0.3) is 0 Å². The summed E-state index contributed by atoms with van der Waals surface area (Å²) in [5.41, 5.74) is 5.34. The molecule has 0 saturated heterocycles. The summed E-state index contributed by atoms with van der Waals surface area (Å²) < 4.78 is 5.59. The van der Waals surface area contributed by atoms with Gasteiger partial charge in [-0.15, -0.1) is 0 Å². The summed E-state index contributed by atoms with van der Waals surface area (Å²) in [4.78, 5) is 2.03. The van der Waals surface area contributed by atoms with Crippen LogP contribution < -0.4 is 4.90 Å². The predicted molar refractivity (Wildman–Crippen MR) is 88.5 cm³/mol. The Morgan fingerprint density at radius 3 is 2.59 bits per heavy atom. The van der Waals surface area contributed by atoms with E-state index in [1.165, 1.54) is 48.8 Å². The molecule has 116 valence electrons. The van der Waals surface area contributed by atoms with Crippen LogP contribution in [0.3, 0.4) is 0 Å². The standard InChI is InChI=1S/C19H24N2O/c1-21(2)19-17-5-3-4-16(18(17)20-22-19)15-10-8-14(9-11-15)12-13-6-7-13/h8-11,13,16H,3-7,12H2,1-2H3. The summed E-state index contributed by atoms with van der Waals surface area (Å²) in [6.07, 6.45) is 7.56. The Balaban J connectivity index is 1.60. The number of aromatic nitrogens is 1. The van der Waals surface area contributed by atoms with Crippen LogP contribution in [0, 0.1) is 5.92 Å². The smallest absolute Gasteiger partial charge is 0.230 e.